The molecule has 0 amide bonds. The van der Waals surface area contributed by atoms with Gasteiger partial charge in [-0.1, -0.05) is 12.1 Å². The molecule has 0 fully saturated rings. The number of ketones is 1. The number of pyridine rings is 1. The average molecular weight is 393 g/mol. The van der Waals surface area contributed by atoms with Gasteiger partial charge in [0, 0.05) is 11.1 Å². The van der Waals surface area contributed by atoms with Crippen LogP contribution in [-0.2, 0) is 0 Å². The van der Waals surface area contributed by atoms with E-state index in [1.807, 2.05) is 32.0 Å². The molecule has 0 unspecified atom stereocenters. The van der Waals surface area contributed by atoms with Crippen LogP contribution in [0.5, 0.6) is 23.0 Å². The van der Waals surface area contributed by atoms with Crippen molar-refractivity contribution in [3.63, 3.8) is 0 Å². The molecule has 1 heterocycles. The van der Waals surface area contributed by atoms with Gasteiger partial charge in [0.05, 0.1) is 27.0 Å². The number of carbonyl (C=O) groups is 1. The van der Waals surface area contributed by atoms with Crippen LogP contribution in [0.3, 0.4) is 0 Å². The summed E-state index contributed by atoms with van der Waals surface area (Å²) < 4.78 is 16.0. The third kappa shape index (κ3) is 4.01. The van der Waals surface area contributed by atoms with E-state index in [2.05, 4.69) is 4.98 Å². The van der Waals surface area contributed by atoms with E-state index in [9.17, 15) is 9.90 Å². The van der Waals surface area contributed by atoms with Crippen LogP contribution in [0.2, 0.25) is 0 Å². The summed E-state index contributed by atoms with van der Waals surface area (Å²) in [4.78, 5) is 17.7. The number of aromatic nitrogens is 1. The fourth-order valence-electron chi connectivity index (χ4n) is 3.06. The molecule has 29 heavy (non-hydrogen) atoms. The largest absolute Gasteiger partial charge is 0.508 e. The van der Waals surface area contributed by atoms with Crippen molar-refractivity contribution >= 4 is 5.78 Å². The van der Waals surface area contributed by atoms with E-state index in [0.717, 1.165) is 16.7 Å². The van der Waals surface area contributed by atoms with Crippen molar-refractivity contribution in [3.05, 3.63) is 64.8 Å². The lowest BCUT2D eigenvalue weighted by Crippen LogP contribution is -2.07. The van der Waals surface area contributed by atoms with Crippen LogP contribution in [0, 0.1) is 13.8 Å². The predicted octanol–water partition coefficient (Wildman–Crippen LogP) is 4.33. The van der Waals surface area contributed by atoms with E-state index in [1.54, 1.807) is 24.3 Å². The summed E-state index contributed by atoms with van der Waals surface area (Å²) >= 11 is 0. The van der Waals surface area contributed by atoms with Crippen LogP contribution >= 0.6 is 0 Å². The number of hydrogen-bond acceptors (Lipinski definition) is 6. The summed E-state index contributed by atoms with van der Waals surface area (Å²) in [5, 5.41) is 10.0. The highest BCUT2D eigenvalue weighted by Crippen LogP contribution is 2.38. The fraction of sp³-hybridized carbons (Fsp3) is 0.217. The third-order valence-corrected chi connectivity index (χ3v) is 4.63. The minimum atomic E-state index is -0.273. The van der Waals surface area contributed by atoms with Gasteiger partial charge in [0.25, 0.3) is 0 Å². The first kappa shape index (κ1) is 20.2. The summed E-state index contributed by atoms with van der Waals surface area (Å²) in [7, 11) is 4.50. The molecule has 0 radical (unpaired) electrons. The molecular formula is C23H23NO5. The Morgan fingerprint density at radius 1 is 0.897 bits per heavy atom. The standard InChI is InChI=1S/C23H23NO5/c1-13-8-17(15-7-6-14(2)19(25)10-15)24-18(9-13)22(26)16-11-20(27-3)23(29-5)21(12-16)28-4/h6-12,25H,1-5H3. The Bertz CT molecular complexity index is 1050. The molecule has 2 aromatic carbocycles. The van der Waals surface area contributed by atoms with Crippen LogP contribution in [0.4, 0.5) is 0 Å². The molecule has 0 aliphatic carbocycles. The first-order valence-electron chi connectivity index (χ1n) is 9.01. The topological polar surface area (TPSA) is 77.9 Å². The summed E-state index contributed by atoms with van der Waals surface area (Å²) in [6.45, 7) is 3.72. The number of benzene rings is 2. The van der Waals surface area contributed by atoms with Gasteiger partial charge in [0.15, 0.2) is 11.5 Å². The first-order chi connectivity index (χ1) is 13.9. The number of ether oxygens (including phenoxy) is 3. The molecule has 150 valence electrons. The molecule has 3 aromatic rings. The maximum atomic E-state index is 13.2. The zero-order valence-corrected chi connectivity index (χ0v) is 17.1. The van der Waals surface area contributed by atoms with Gasteiger partial charge < -0.3 is 19.3 Å². The van der Waals surface area contributed by atoms with E-state index < -0.39 is 0 Å². The molecule has 0 aliphatic heterocycles. The fourth-order valence-corrected chi connectivity index (χ4v) is 3.06. The minimum absolute atomic E-state index is 0.184. The monoisotopic (exact) mass is 393 g/mol. The molecule has 3 rings (SSSR count). The molecule has 0 atom stereocenters. The number of aryl methyl sites for hydroxylation is 2. The molecule has 1 aromatic heterocycles. The Kier molecular flexibility index (Phi) is 5.73. The highest BCUT2D eigenvalue weighted by atomic mass is 16.5. The molecule has 0 saturated heterocycles. The smallest absolute Gasteiger partial charge is 0.211 e. The van der Waals surface area contributed by atoms with Crippen LogP contribution in [-0.4, -0.2) is 37.2 Å². The van der Waals surface area contributed by atoms with E-state index in [-0.39, 0.29) is 17.2 Å². The Hall–Kier alpha value is -3.54. The summed E-state index contributed by atoms with van der Waals surface area (Å²) in [5.41, 5.74) is 3.65. The van der Waals surface area contributed by atoms with Crippen molar-refractivity contribution in [3.8, 4) is 34.3 Å². The van der Waals surface area contributed by atoms with Crippen molar-refractivity contribution in [1.29, 1.82) is 0 Å². The van der Waals surface area contributed by atoms with Gasteiger partial charge in [-0.15, -0.1) is 0 Å². The average Bonchev–Trinajstić information content (AvgIpc) is 2.73. The lowest BCUT2D eigenvalue weighted by atomic mass is 10.0. The van der Waals surface area contributed by atoms with Crippen LogP contribution in [0.15, 0.2) is 42.5 Å². The van der Waals surface area contributed by atoms with Crippen LogP contribution in [0.1, 0.15) is 27.2 Å². The summed E-state index contributed by atoms with van der Waals surface area (Å²) in [5.74, 6) is 1.12. The number of nitrogens with zero attached hydrogens (tertiary/aromatic N) is 1. The first-order valence-corrected chi connectivity index (χ1v) is 9.01. The second-order valence-electron chi connectivity index (χ2n) is 6.66. The second-order valence-corrected chi connectivity index (χ2v) is 6.66. The molecule has 6 nitrogen and oxygen atoms in total. The van der Waals surface area contributed by atoms with Gasteiger partial charge in [-0.05, 0) is 55.3 Å². The molecule has 0 spiro atoms. The summed E-state index contributed by atoms with van der Waals surface area (Å²) in [6.07, 6.45) is 0. The molecule has 0 bridgehead atoms. The third-order valence-electron chi connectivity index (χ3n) is 4.63. The minimum Gasteiger partial charge on any atom is -0.508 e. The van der Waals surface area contributed by atoms with Gasteiger partial charge >= 0.3 is 0 Å². The van der Waals surface area contributed by atoms with Gasteiger partial charge in [-0.2, -0.15) is 0 Å². The number of rotatable bonds is 6. The lowest BCUT2D eigenvalue weighted by molar-refractivity contribution is 0.103. The van der Waals surface area contributed by atoms with E-state index >= 15 is 0 Å². The van der Waals surface area contributed by atoms with Gasteiger partial charge in [0.2, 0.25) is 11.5 Å². The molecule has 1 N–H and O–H groups in total. The Balaban J connectivity index is 2.08. The van der Waals surface area contributed by atoms with Crippen molar-refractivity contribution < 1.29 is 24.1 Å². The van der Waals surface area contributed by atoms with Crippen molar-refractivity contribution in [1.82, 2.24) is 4.98 Å². The van der Waals surface area contributed by atoms with E-state index in [0.29, 0.717) is 28.5 Å². The zero-order valence-electron chi connectivity index (χ0n) is 17.1. The maximum Gasteiger partial charge on any atom is 0.211 e. The quantitative estimate of drug-likeness (QED) is 0.628. The SMILES string of the molecule is COc1cc(C(=O)c2cc(C)cc(-c3ccc(C)c(O)c3)n2)cc(OC)c1OC. The highest BCUT2D eigenvalue weighted by molar-refractivity contribution is 6.08. The Labute approximate surface area is 169 Å². The lowest BCUT2D eigenvalue weighted by Gasteiger charge is -2.14. The predicted molar refractivity (Wildman–Crippen MR) is 110 cm³/mol. The van der Waals surface area contributed by atoms with Crippen molar-refractivity contribution in [2.45, 2.75) is 13.8 Å². The number of methoxy groups -OCH3 is 3. The van der Waals surface area contributed by atoms with Crippen LogP contribution in [0.25, 0.3) is 11.3 Å². The van der Waals surface area contributed by atoms with Crippen molar-refractivity contribution in [2.24, 2.45) is 0 Å². The van der Waals surface area contributed by atoms with Gasteiger partial charge in [-0.3, -0.25) is 4.79 Å². The highest BCUT2D eigenvalue weighted by Gasteiger charge is 2.20. The number of phenolic OH excluding ortho intramolecular Hbond substituents is 1. The van der Waals surface area contributed by atoms with Crippen LogP contribution < -0.4 is 14.2 Å². The number of aromatic hydroxyl groups is 1. The summed E-state index contributed by atoms with van der Waals surface area (Å²) in [6, 6.07) is 12.1. The van der Waals surface area contributed by atoms with Gasteiger partial charge in [0.1, 0.15) is 11.4 Å². The molecule has 6 heteroatoms. The molecular weight excluding hydrogens is 370 g/mol. The number of hydrogen-bond donors (Lipinski definition) is 1. The Morgan fingerprint density at radius 3 is 2.10 bits per heavy atom. The number of phenols is 1. The van der Waals surface area contributed by atoms with Crippen molar-refractivity contribution in [2.75, 3.05) is 21.3 Å². The van der Waals surface area contributed by atoms with E-state index in [1.165, 1.54) is 21.3 Å². The zero-order chi connectivity index (χ0) is 21.1. The Morgan fingerprint density at radius 2 is 1.55 bits per heavy atom. The molecule has 0 aliphatic rings. The maximum absolute atomic E-state index is 13.2. The normalized spacial score (nSPS) is 10.5. The van der Waals surface area contributed by atoms with Gasteiger partial charge in [-0.25, -0.2) is 4.98 Å². The van der Waals surface area contributed by atoms with E-state index in [4.69, 9.17) is 14.2 Å². The molecule has 0 saturated carbocycles. The second kappa shape index (κ2) is 8.22. The number of carbonyl (C=O) groups excluding carboxylic acids is 1.